The van der Waals surface area contributed by atoms with Gasteiger partial charge in [-0.05, 0) is 28.8 Å². The lowest BCUT2D eigenvalue weighted by Crippen LogP contribution is -2.39. The molecule has 0 aliphatic heterocycles. The van der Waals surface area contributed by atoms with Crippen LogP contribution in [0.3, 0.4) is 0 Å². The SMILES string of the molecule is CS(=O)(=O)C(Cc1ccc(-c2nccs2)cc1)(c1cccc(CC(=O)O)c1)c1ccc[nH]1. The summed E-state index contributed by atoms with van der Waals surface area (Å²) < 4.78 is 25.4. The Morgan fingerprint density at radius 2 is 1.88 bits per heavy atom. The van der Waals surface area contributed by atoms with Gasteiger partial charge in [-0.3, -0.25) is 4.79 Å². The number of nitrogens with zero attached hydrogens (tertiary/aromatic N) is 1. The highest BCUT2D eigenvalue weighted by molar-refractivity contribution is 7.91. The average molecular weight is 467 g/mol. The molecular formula is C24H22N2O4S2. The second-order valence-electron chi connectivity index (χ2n) is 7.66. The number of thiazole rings is 1. The number of hydrogen-bond acceptors (Lipinski definition) is 5. The number of rotatable bonds is 8. The fourth-order valence-corrected chi connectivity index (χ4v) is 6.16. The predicted octanol–water partition coefficient (Wildman–Crippen LogP) is 4.30. The number of carboxylic acids is 1. The lowest BCUT2D eigenvalue weighted by atomic mass is 9.87. The van der Waals surface area contributed by atoms with Gasteiger partial charge >= 0.3 is 5.97 Å². The first-order chi connectivity index (χ1) is 15.3. The molecule has 0 fully saturated rings. The predicted molar refractivity (Wildman–Crippen MR) is 125 cm³/mol. The van der Waals surface area contributed by atoms with Crippen molar-refractivity contribution in [2.75, 3.05) is 6.26 Å². The van der Waals surface area contributed by atoms with E-state index in [1.54, 1.807) is 60.1 Å². The molecule has 8 heteroatoms. The quantitative estimate of drug-likeness (QED) is 0.403. The van der Waals surface area contributed by atoms with Crippen molar-refractivity contribution in [1.29, 1.82) is 0 Å². The minimum absolute atomic E-state index is 0.180. The zero-order chi connectivity index (χ0) is 22.8. The van der Waals surface area contributed by atoms with Crippen LogP contribution < -0.4 is 0 Å². The molecule has 0 spiro atoms. The zero-order valence-corrected chi connectivity index (χ0v) is 19.0. The Kier molecular flexibility index (Phi) is 5.99. The lowest BCUT2D eigenvalue weighted by Gasteiger charge is -2.32. The summed E-state index contributed by atoms with van der Waals surface area (Å²) in [6.45, 7) is 0. The van der Waals surface area contributed by atoms with Crippen molar-refractivity contribution in [1.82, 2.24) is 9.97 Å². The van der Waals surface area contributed by atoms with Crippen molar-refractivity contribution in [3.63, 3.8) is 0 Å². The molecule has 4 aromatic rings. The van der Waals surface area contributed by atoms with Crippen molar-refractivity contribution >= 4 is 27.1 Å². The Labute approximate surface area is 190 Å². The fraction of sp³-hybridized carbons (Fsp3) is 0.167. The third-order valence-corrected chi connectivity index (χ3v) is 8.19. The Hall–Kier alpha value is -3.23. The van der Waals surface area contributed by atoms with Gasteiger partial charge in [0.25, 0.3) is 0 Å². The first-order valence-electron chi connectivity index (χ1n) is 9.93. The smallest absolute Gasteiger partial charge is 0.307 e. The van der Waals surface area contributed by atoms with Crippen molar-refractivity contribution < 1.29 is 18.3 Å². The molecule has 0 aliphatic rings. The molecule has 1 atom stereocenters. The van der Waals surface area contributed by atoms with Crippen molar-refractivity contribution in [2.24, 2.45) is 0 Å². The summed E-state index contributed by atoms with van der Waals surface area (Å²) in [7, 11) is -3.69. The van der Waals surface area contributed by atoms with Crippen LogP contribution in [0, 0.1) is 0 Å². The molecule has 1 unspecified atom stereocenters. The summed E-state index contributed by atoms with van der Waals surface area (Å²) >= 11 is 1.54. The summed E-state index contributed by atoms with van der Waals surface area (Å²) in [4.78, 5) is 18.7. The average Bonchev–Trinajstić information content (AvgIpc) is 3.46. The van der Waals surface area contributed by atoms with E-state index in [2.05, 4.69) is 9.97 Å². The van der Waals surface area contributed by atoms with E-state index in [-0.39, 0.29) is 12.8 Å². The maximum atomic E-state index is 13.4. The van der Waals surface area contributed by atoms with Crippen LogP contribution in [-0.4, -0.2) is 35.7 Å². The van der Waals surface area contributed by atoms with Crippen LogP contribution in [0.15, 0.2) is 78.4 Å². The van der Waals surface area contributed by atoms with Gasteiger partial charge in [-0.2, -0.15) is 0 Å². The first-order valence-corrected chi connectivity index (χ1v) is 12.7. The molecule has 0 amide bonds. The van der Waals surface area contributed by atoms with E-state index in [9.17, 15) is 18.3 Å². The topological polar surface area (TPSA) is 100 Å². The fourth-order valence-electron chi connectivity index (χ4n) is 4.00. The van der Waals surface area contributed by atoms with Crippen LogP contribution in [0.5, 0.6) is 0 Å². The zero-order valence-electron chi connectivity index (χ0n) is 17.4. The van der Waals surface area contributed by atoms with Gasteiger partial charge in [0, 0.05) is 41.7 Å². The van der Waals surface area contributed by atoms with Gasteiger partial charge in [-0.1, -0.05) is 48.5 Å². The molecule has 4 rings (SSSR count). The van der Waals surface area contributed by atoms with Gasteiger partial charge < -0.3 is 10.1 Å². The van der Waals surface area contributed by atoms with E-state index < -0.39 is 20.6 Å². The number of hydrogen-bond donors (Lipinski definition) is 2. The number of aliphatic carboxylic acids is 1. The van der Waals surface area contributed by atoms with Crippen LogP contribution in [0.4, 0.5) is 0 Å². The summed E-state index contributed by atoms with van der Waals surface area (Å²) in [6, 6.07) is 18.1. The van der Waals surface area contributed by atoms with E-state index in [0.717, 1.165) is 16.1 Å². The Balaban J connectivity index is 1.84. The van der Waals surface area contributed by atoms with E-state index in [4.69, 9.17) is 0 Å². The molecule has 2 aromatic carbocycles. The highest BCUT2D eigenvalue weighted by Gasteiger charge is 2.45. The highest BCUT2D eigenvalue weighted by Crippen LogP contribution is 2.40. The van der Waals surface area contributed by atoms with Gasteiger partial charge in [0.1, 0.15) is 9.75 Å². The number of sulfone groups is 1. The molecule has 164 valence electrons. The first kappa shape index (κ1) is 22.0. The van der Waals surface area contributed by atoms with Crippen molar-refractivity contribution in [3.8, 4) is 10.6 Å². The highest BCUT2D eigenvalue weighted by atomic mass is 32.2. The number of carboxylic acid groups (broad SMARTS) is 1. The molecule has 0 bridgehead atoms. The monoisotopic (exact) mass is 466 g/mol. The van der Waals surface area contributed by atoms with E-state index in [1.165, 1.54) is 6.26 Å². The molecule has 2 N–H and O–H groups in total. The molecule has 32 heavy (non-hydrogen) atoms. The number of carbonyl (C=O) groups is 1. The summed E-state index contributed by atoms with van der Waals surface area (Å²) in [5, 5.41) is 12.0. The van der Waals surface area contributed by atoms with E-state index >= 15 is 0 Å². The minimum atomic E-state index is -3.69. The second-order valence-corrected chi connectivity index (χ2v) is 10.8. The van der Waals surface area contributed by atoms with Crippen molar-refractivity contribution in [3.05, 3.63) is 101 Å². The number of benzene rings is 2. The summed E-state index contributed by atoms with van der Waals surface area (Å²) in [5.74, 6) is -0.968. The molecular weight excluding hydrogens is 444 g/mol. The van der Waals surface area contributed by atoms with Gasteiger partial charge in [0.2, 0.25) is 0 Å². The van der Waals surface area contributed by atoms with E-state index in [0.29, 0.717) is 16.8 Å². The van der Waals surface area contributed by atoms with Gasteiger partial charge in [-0.25, -0.2) is 13.4 Å². The van der Waals surface area contributed by atoms with Gasteiger partial charge in [0.15, 0.2) is 9.84 Å². The van der Waals surface area contributed by atoms with Gasteiger partial charge in [-0.15, -0.1) is 11.3 Å². The Morgan fingerprint density at radius 1 is 1.09 bits per heavy atom. The third-order valence-electron chi connectivity index (χ3n) is 5.50. The molecule has 2 aromatic heterocycles. The number of H-pyrrole nitrogens is 1. The van der Waals surface area contributed by atoms with E-state index in [1.807, 2.05) is 29.6 Å². The van der Waals surface area contributed by atoms with Crippen LogP contribution in [0.2, 0.25) is 0 Å². The maximum Gasteiger partial charge on any atom is 0.307 e. The van der Waals surface area contributed by atoms with Crippen LogP contribution in [-0.2, 0) is 32.2 Å². The van der Waals surface area contributed by atoms with Crippen molar-refractivity contribution in [2.45, 2.75) is 17.6 Å². The Morgan fingerprint density at radius 3 is 2.47 bits per heavy atom. The maximum absolute atomic E-state index is 13.4. The summed E-state index contributed by atoms with van der Waals surface area (Å²) in [5.41, 5.74) is 3.43. The minimum Gasteiger partial charge on any atom is -0.481 e. The largest absolute Gasteiger partial charge is 0.481 e. The molecule has 2 heterocycles. The van der Waals surface area contributed by atoms with Crippen LogP contribution in [0.25, 0.3) is 10.6 Å². The van der Waals surface area contributed by atoms with Crippen LogP contribution in [0.1, 0.15) is 22.4 Å². The Bertz CT molecular complexity index is 1310. The summed E-state index contributed by atoms with van der Waals surface area (Å²) in [6.07, 6.45) is 4.68. The van der Waals surface area contributed by atoms with Crippen LogP contribution >= 0.6 is 11.3 Å². The standard InChI is InChI=1S/C24H22N2O4S2/c1-32(29,30)24(21-6-3-11-25-21,20-5-2-4-18(14-20)15-22(27)28)16-17-7-9-19(10-8-17)23-26-12-13-31-23/h2-14,25H,15-16H2,1H3,(H,27,28). The second kappa shape index (κ2) is 8.72. The molecule has 0 saturated carbocycles. The lowest BCUT2D eigenvalue weighted by molar-refractivity contribution is -0.136. The number of aromatic nitrogens is 2. The molecule has 0 radical (unpaired) electrons. The normalized spacial score (nSPS) is 13.5. The molecule has 0 aliphatic carbocycles. The third kappa shape index (κ3) is 4.24. The number of nitrogens with one attached hydrogen (secondary N) is 1. The molecule has 6 nitrogen and oxygen atoms in total. The number of aromatic amines is 1. The molecule has 0 saturated heterocycles. The van der Waals surface area contributed by atoms with Gasteiger partial charge in [0.05, 0.1) is 6.42 Å².